The molecule has 0 unspecified atom stereocenters. The molecule has 0 fully saturated rings. The quantitative estimate of drug-likeness (QED) is 0.248. The zero-order chi connectivity index (χ0) is 24.4. The number of halogens is 1. The Morgan fingerprint density at radius 3 is 2.19 bits per heavy atom. The van der Waals surface area contributed by atoms with Crippen molar-refractivity contribution in [3.63, 3.8) is 0 Å². The summed E-state index contributed by atoms with van der Waals surface area (Å²) >= 11 is 6.71. The highest BCUT2D eigenvalue weighted by Crippen LogP contribution is 2.52. The Morgan fingerprint density at radius 2 is 1.33 bits per heavy atom. The van der Waals surface area contributed by atoms with E-state index in [9.17, 15) is 0 Å². The molecule has 0 saturated heterocycles. The maximum Gasteiger partial charge on any atom is 0.135 e. The average Bonchev–Trinajstić information content (AvgIpc) is 3.38. The monoisotopic (exact) mass is 485 g/mol. The van der Waals surface area contributed by atoms with Crippen molar-refractivity contribution in [3.8, 4) is 11.1 Å². The van der Waals surface area contributed by atoms with E-state index < -0.39 is 0 Å². The molecule has 1 aromatic heterocycles. The first-order valence-corrected chi connectivity index (χ1v) is 12.6. The average molecular weight is 486 g/mol. The van der Waals surface area contributed by atoms with Crippen LogP contribution in [0.2, 0.25) is 5.02 Å². The summed E-state index contributed by atoms with van der Waals surface area (Å²) in [4.78, 5) is 2.32. The third-order valence-electron chi connectivity index (χ3n) is 7.50. The summed E-state index contributed by atoms with van der Waals surface area (Å²) in [6, 6.07) is 38.2. The molecule has 1 aliphatic carbocycles. The van der Waals surface area contributed by atoms with Gasteiger partial charge < -0.3 is 9.32 Å². The van der Waals surface area contributed by atoms with E-state index >= 15 is 0 Å². The van der Waals surface area contributed by atoms with Gasteiger partial charge in [0.05, 0.1) is 0 Å². The van der Waals surface area contributed by atoms with Crippen LogP contribution in [-0.4, -0.2) is 0 Å². The Kier molecular flexibility index (Phi) is 4.58. The summed E-state index contributed by atoms with van der Waals surface area (Å²) in [5, 5.41) is 3.07. The second-order valence-electron chi connectivity index (χ2n) is 9.97. The molecule has 6 aromatic rings. The van der Waals surface area contributed by atoms with Gasteiger partial charge in [-0.1, -0.05) is 80.0 Å². The highest BCUT2D eigenvalue weighted by molar-refractivity contribution is 6.32. The molecule has 0 aliphatic heterocycles. The van der Waals surface area contributed by atoms with Crippen LogP contribution in [0.4, 0.5) is 17.1 Å². The fourth-order valence-corrected chi connectivity index (χ4v) is 6.25. The molecule has 0 spiro atoms. The van der Waals surface area contributed by atoms with E-state index in [0.29, 0.717) is 0 Å². The minimum atomic E-state index is -0.145. The van der Waals surface area contributed by atoms with Gasteiger partial charge in [0.15, 0.2) is 0 Å². The standard InChI is InChI=1S/C33H24ClNO/c1-33(2)28-17-15-22(19-26(28)25-12-8-13-29(34)32(25)33)35(21-9-4-3-5-10-21)23-16-18-31-27(20-23)24-11-6-7-14-30(24)36-31/h3-20H,1-2H3. The molecule has 174 valence electrons. The Bertz CT molecular complexity index is 1780. The van der Waals surface area contributed by atoms with E-state index in [1.807, 2.05) is 24.3 Å². The fourth-order valence-electron chi connectivity index (χ4n) is 5.84. The van der Waals surface area contributed by atoms with Gasteiger partial charge in [0.2, 0.25) is 0 Å². The van der Waals surface area contributed by atoms with E-state index in [-0.39, 0.29) is 5.41 Å². The van der Waals surface area contributed by atoms with Crippen molar-refractivity contribution in [2.75, 3.05) is 4.90 Å². The summed E-state index contributed by atoms with van der Waals surface area (Å²) in [6.45, 7) is 4.52. The van der Waals surface area contributed by atoms with E-state index in [0.717, 1.165) is 44.0 Å². The lowest BCUT2D eigenvalue weighted by molar-refractivity contribution is 0.660. The van der Waals surface area contributed by atoms with Gasteiger partial charge in [-0.25, -0.2) is 0 Å². The largest absolute Gasteiger partial charge is 0.456 e. The number of hydrogen-bond acceptors (Lipinski definition) is 2. The normalized spacial score (nSPS) is 13.6. The van der Waals surface area contributed by atoms with Gasteiger partial charge in [0.25, 0.3) is 0 Å². The Balaban J connectivity index is 1.46. The summed E-state index contributed by atoms with van der Waals surface area (Å²) in [6.07, 6.45) is 0. The fraction of sp³-hybridized carbons (Fsp3) is 0.0909. The van der Waals surface area contributed by atoms with Crippen molar-refractivity contribution in [1.82, 2.24) is 0 Å². The van der Waals surface area contributed by atoms with Crippen molar-refractivity contribution < 1.29 is 4.42 Å². The number of furan rings is 1. The van der Waals surface area contributed by atoms with Crippen LogP contribution >= 0.6 is 11.6 Å². The van der Waals surface area contributed by atoms with Gasteiger partial charge in [0.1, 0.15) is 11.2 Å². The SMILES string of the molecule is CC1(C)c2ccc(N(c3ccccc3)c3ccc4oc5ccccc5c4c3)cc2-c2cccc(Cl)c21. The van der Waals surface area contributed by atoms with Crippen LogP contribution in [0.25, 0.3) is 33.1 Å². The Morgan fingerprint density at radius 1 is 0.611 bits per heavy atom. The van der Waals surface area contributed by atoms with Gasteiger partial charge in [-0.2, -0.15) is 0 Å². The molecular formula is C33H24ClNO. The van der Waals surface area contributed by atoms with Gasteiger partial charge in [0, 0.05) is 38.3 Å². The molecule has 1 heterocycles. The van der Waals surface area contributed by atoms with E-state index in [4.69, 9.17) is 16.0 Å². The zero-order valence-electron chi connectivity index (χ0n) is 20.1. The highest BCUT2D eigenvalue weighted by atomic mass is 35.5. The molecule has 5 aromatic carbocycles. The maximum absolute atomic E-state index is 6.71. The predicted octanol–water partition coefficient (Wildman–Crippen LogP) is 10.0. The Labute approximate surface area is 215 Å². The van der Waals surface area contributed by atoms with Crippen LogP contribution in [0, 0.1) is 0 Å². The number of para-hydroxylation sites is 2. The third kappa shape index (κ3) is 3.04. The first kappa shape index (κ1) is 21.3. The number of fused-ring (bicyclic) bond motifs is 6. The predicted molar refractivity (Wildman–Crippen MR) is 151 cm³/mol. The maximum atomic E-state index is 6.71. The highest BCUT2D eigenvalue weighted by Gasteiger charge is 2.37. The van der Waals surface area contributed by atoms with Crippen LogP contribution < -0.4 is 4.90 Å². The molecule has 7 rings (SSSR count). The van der Waals surface area contributed by atoms with Gasteiger partial charge >= 0.3 is 0 Å². The number of benzene rings is 5. The molecule has 0 amide bonds. The lowest BCUT2D eigenvalue weighted by Crippen LogP contribution is -2.16. The van der Waals surface area contributed by atoms with Crippen molar-refractivity contribution in [2.45, 2.75) is 19.3 Å². The molecule has 2 nitrogen and oxygen atoms in total. The van der Waals surface area contributed by atoms with Crippen LogP contribution in [0.1, 0.15) is 25.0 Å². The Hall–Kier alpha value is -4.01. The lowest BCUT2D eigenvalue weighted by Gasteiger charge is -2.27. The van der Waals surface area contributed by atoms with Crippen LogP contribution in [0.15, 0.2) is 114 Å². The third-order valence-corrected chi connectivity index (χ3v) is 7.81. The summed E-state index contributed by atoms with van der Waals surface area (Å²) in [5.41, 5.74) is 9.92. The molecule has 36 heavy (non-hydrogen) atoms. The molecule has 0 bridgehead atoms. The minimum Gasteiger partial charge on any atom is -0.456 e. The molecule has 3 heteroatoms. The number of nitrogens with zero attached hydrogens (tertiary/aromatic N) is 1. The number of hydrogen-bond donors (Lipinski definition) is 0. The molecule has 1 aliphatic rings. The zero-order valence-corrected chi connectivity index (χ0v) is 20.9. The molecule has 0 saturated carbocycles. The van der Waals surface area contributed by atoms with Gasteiger partial charge in [-0.3, -0.25) is 0 Å². The number of rotatable bonds is 3. The minimum absolute atomic E-state index is 0.145. The topological polar surface area (TPSA) is 16.4 Å². The van der Waals surface area contributed by atoms with Crippen molar-refractivity contribution in [2.24, 2.45) is 0 Å². The molecule has 0 N–H and O–H groups in total. The molecule has 0 atom stereocenters. The van der Waals surface area contributed by atoms with E-state index in [1.165, 1.54) is 22.3 Å². The first-order valence-electron chi connectivity index (χ1n) is 12.2. The summed E-state index contributed by atoms with van der Waals surface area (Å²) < 4.78 is 6.10. The molecule has 0 radical (unpaired) electrons. The lowest BCUT2D eigenvalue weighted by atomic mass is 9.82. The second kappa shape index (κ2) is 7.74. The van der Waals surface area contributed by atoms with Crippen molar-refractivity contribution >= 4 is 50.6 Å². The summed E-state index contributed by atoms with van der Waals surface area (Å²) in [5.74, 6) is 0. The van der Waals surface area contributed by atoms with Gasteiger partial charge in [-0.05, 0) is 76.9 Å². The van der Waals surface area contributed by atoms with Gasteiger partial charge in [-0.15, -0.1) is 0 Å². The van der Waals surface area contributed by atoms with E-state index in [2.05, 4.69) is 104 Å². The van der Waals surface area contributed by atoms with Crippen LogP contribution in [0.3, 0.4) is 0 Å². The summed E-state index contributed by atoms with van der Waals surface area (Å²) in [7, 11) is 0. The first-order chi connectivity index (χ1) is 17.5. The second-order valence-corrected chi connectivity index (χ2v) is 10.4. The van der Waals surface area contributed by atoms with Crippen LogP contribution in [-0.2, 0) is 5.41 Å². The smallest absolute Gasteiger partial charge is 0.135 e. The van der Waals surface area contributed by atoms with Crippen molar-refractivity contribution in [3.05, 3.63) is 125 Å². The van der Waals surface area contributed by atoms with Crippen LogP contribution in [0.5, 0.6) is 0 Å². The van der Waals surface area contributed by atoms with E-state index in [1.54, 1.807) is 0 Å². The molecular weight excluding hydrogens is 462 g/mol. The van der Waals surface area contributed by atoms with Crippen molar-refractivity contribution in [1.29, 1.82) is 0 Å². The number of anilines is 3.